The van der Waals surface area contributed by atoms with Crippen LogP contribution >= 0.6 is 0 Å². The van der Waals surface area contributed by atoms with Gasteiger partial charge in [0.25, 0.3) is 5.56 Å². The monoisotopic (exact) mass is 557 g/mol. The minimum absolute atomic E-state index is 0.000260. The second kappa shape index (κ2) is 10.9. The summed E-state index contributed by atoms with van der Waals surface area (Å²) in [5.41, 5.74) is -0.655. The van der Waals surface area contributed by atoms with Crippen LogP contribution in [0, 0.1) is 5.92 Å². The lowest BCUT2D eigenvalue weighted by atomic mass is 10.1. The van der Waals surface area contributed by atoms with Crippen LogP contribution in [0.4, 0.5) is 13.2 Å². The summed E-state index contributed by atoms with van der Waals surface area (Å²) in [7, 11) is 0. The average Bonchev–Trinajstić information content (AvgIpc) is 3.67. The third-order valence-corrected chi connectivity index (χ3v) is 6.91. The number of hydrogen-bond donors (Lipinski definition) is 1. The summed E-state index contributed by atoms with van der Waals surface area (Å²) in [6.07, 6.45) is -0.561. The van der Waals surface area contributed by atoms with Gasteiger partial charge in [0.15, 0.2) is 11.2 Å². The fraction of sp³-hybridized carbons (Fsp3) is 0.429. The van der Waals surface area contributed by atoms with E-state index < -0.39 is 23.0 Å². The van der Waals surface area contributed by atoms with Gasteiger partial charge in [-0.25, -0.2) is 14.8 Å². The lowest BCUT2D eigenvalue weighted by molar-refractivity contribution is -0.137. The van der Waals surface area contributed by atoms with E-state index in [0.29, 0.717) is 35.4 Å². The third kappa shape index (κ3) is 5.40. The van der Waals surface area contributed by atoms with Gasteiger partial charge in [0.2, 0.25) is 5.88 Å². The lowest BCUT2D eigenvalue weighted by Crippen LogP contribution is -2.41. The molecule has 9 nitrogen and oxygen atoms in total. The van der Waals surface area contributed by atoms with Gasteiger partial charge in [-0.05, 0) is 68.9 Å². The number of imidazole rings is 1. The smallest absolute Gasteiger partial charge is 0.416 e. The van der Waals surface area contributed by atoms with Gasteiger partial charge in [-0.15, -0.1) is 0 Å². The Labute approximate surface area is 227 Å². The van der Waals surface area contributed by atoms with E-state index >= 15 is 0 Å². The Bertz CT molecular complexity index is 1630. The number of ether oxygens (including phenoxy) is 1. The van der Waals surface area contributed by atoms with E-state index in [2.05, 4.69) is 4.98 Å². The Morgan fingerprint density at radius 2 is 1.82 bits per heavy atom. The number of fused-ring (bicyclic) bond motifs is 1. The second-order valence-electron chi connectivity index (χ2n) is 10.3. The molecule has 0 saturated heterocycles. The SMILES string of the molecule is CC(C)n1c(=O)n(CCCO)c(=O)c2c1nc(-c1cccnc1OCC1CC1)n2Cc1ccc(C(F)(F)F)cc1. The van der Waals surface area contributed by atoms with E-state index in [-0.39, 0.29) is 43.3 Å². The molecule has 212 valence electrons. The largest absolute Gasteiger partial charge is 0.477 e. The van der Waals surface area contributed by atoms with Gasteiger partial charge < -0.3 is 14.4 Å². The summed E-state index contributed by atoms with van der Waals surface area (Å²) in [6.45, 7) is 3.87. The third-order valence-electron chi connectivity index (χ3n) is 6.91. The van der Waals surface area contributed by atoms with E-state index in [1.54, 1.807) is 36.7 Å². The molecule has 40 heavy (non-hydrogen) atoms. The number of hydrogen-bond acceptors (Lipinski definition) is 6. The van der Waals surface area contributed by atoms with Crippen LogP contribution in [0.5, 0.6) is 5.88 Å². The zero-order chi connectivity index (χ0) is 28.6. The van der Waals surface area contributed by atoms with Crippen LogP contribution in [0.15, 0.2) is 52.2 Å². The summed E-state index contributed by atoms with van der Waals surface area (Å²) < 4.78 is 49.7. The molecular formula is C28H30F3N5O4. The lowest BCUT2D eigenvalue weighted by Gasteiger charge is -2.15. The topological polar surface area (TPSA) is 104 Å². The summed E-state index contributed by atoms with van der Waals surface area (Å²) in [4.78, 5) is 36.3. The highest BCUT2D eigenvalue weighted by molar-refractivity contribution is 5.78. The number of pyridine rings is 1. The Hall–Kier alpha value is -3.93. The van der Waals surface area contributed by atoms with E-state index in [9.17, 15) is 27.9 Å². The maximum Gasteiger partial charge on any atom is 0.416 e. The molecule has 1 N–H and O–H groups in total. The minimum Gasteiger partial charge on any atom is -0.477 e. The molecule has 3 heterocycles. The Balaban J connectivity index is 1.75. The maximum atomic E-state index is 13.8. The first-order valence-electron chi connectivity index (χ1n) is 13.2. The molecule has 0 amide bonds. The number of halogens is 3. The minimum atomic E-state index is -4.48. The van der Waals surface area contributed by atoms with Crippen molar-refractivity contribution < 1.29 is 23.0 Å². The van der Waals surface area contributed by atoms with Gasteiger partial charge in [0.05, 0.1) is 17.7 Å². The molecule has 1 aromatic carbocycles. The van der Waals surface area contributed by atoms with Crippen LogP contribution in [0.2, 0.25) is 0 Å². The van der Waals surface area contributed by atoms with E-state index in [1.807, 2.05) is 0 Å². The summed E-state index contributed by atoms with van der Waals surface area (Å²) >= 11 is 0. The van der Waals surface area contributed by atoms with Crippen LogP contribution in [0.3, 0.4) is 0 Å². The molecular weight excluding hydrogens is 527 g/mol. The second-order valence-corrected chi connectivity index (χ2v) is 10.3. The van der Waals surface area contributed by atoms with Gasteiger partial charge in [0, 0.05) is 31.9 Å². The van der Waals surface area contributed by atoms with E-state index in [1.165, 1.54) is 16.7 Å². The van der Waals surface area contributed by atoms with Crippen LogP contribution in [-0.4, -0.2) is 42.0 Å². The van der Waals surface area contributed by atoms with Gasteiger partial charge in [-0.1, -0.05) is 12.1 Å². The zero-order valence-corrected chi connectivity index (χ0v) is 22.2. The van der Waals surface area contributed by atoms with Crippen molar-refractivity contribution in [3.05, 3.63) is 74.6 Å². The van der Waals surface area contributed by atoms with Crippen LogP contribution < -0.4 is 16.0 Å². The van der Waals surface area contributed by atoms with Crippen molar-refractivity contribution in [3.8, 4) is 17.3 Å². The first-order valence-corrected chi connectivity index (χ1v) is 13.2. The predicted molar refractivity (Wildman–Crippen MR) is 142 cm³/mol. The van der Waals surface area contributed by atoms with Gasteiger partial charge in [0.1, 0.15) is 5.82 Å². The van der Waals surface area contributed by atoms with Crippen molar-refractivity contribution in [2.75, 3.05) is 13.2 Å². The number of benzene rings is 1. The molecule has 0 unspecified atom stereocenters. The van der Waals surface area contributed by atoms with Gasteiger partial charge >= 0.3 is 11.9 Å². The normalized spacial score (nSPS) is 13.9. The highest BCUT2D eigenvalue weighted by atomic mass is 19.4. The number of aliphatic hydroxyl groups is 1. The van der Waals surface area contributed by atoms with Crippen molar-refractivity contribution in [3.63, 3.8) is 0 Å². The molecule has 12 heteroatoms. The Morgan fingerprint density at radius 3 is 2.45 bits per heavy atom. The van der Waals surface area contributed by atoms with Crippen molar-refractivity contribution in [2.24, 2.45) is 5.92 Å². The number of nitrogens with zero attached hydrogens (tertiary/aromatic N) is 5. The number of aliphatic hydroxyl groups excluding tert-OH is 1. The molecule has 1 saturated carbocycles. The molecule has 4 aromatic rings. The molecule has 0 radical (unpaired) electrons. The van der Waals surface area contributed by atoms with Crippen molar-refractivity contribution in [1.82, 2.24) is 23.7 Å². The standard InChI is InChI=1S/C28H30F3N5O4/c1-17(2)36-24-22(26(38)34(27(36)39)13-4-14-37)35(15-18-8-10-20(11-9-18)28(29,30)31)23(33-24)21-5-3-12-32-25(21)40-16-19-6-7-19/h3,5,8-12,17,19,37H,4,6-7,13-16H2,1-2H3. The van der Waals surface area contributed by atoms with Gasteiger partial charge in [-0.3, -0.25) is 13.9 Å². The Morgan fingerprint density at radius 1 is 1.10 bits per heavy atom. The van der Waals surface area contributed by atoms with Crippen molar-refractivity contribution >= 4 is 11.2 Å². The van der Waals surface area contributed by atoms with Crippen LogP contribution in [0.25, 0.3) is 22.6 Å². The Kier molecular flexibility index (Phi) is 7.54. The van der Waals surface area contributed by atoms with Crippen molar-refractivity contribution in [1.29, 1.82) is 0 Å². The van der Waals surface area contributed by atoms with Crippen molar-refractivity contribution in [2.45, 2.75) is 58.4 Å². The van der Waals surface area contributed by atoms with E-state index in [4.69, 9.17) is 9.72 Å². The summed E-state index contributed by atoms with van der Waals surface area (Å²) in [5, 5.41) is 9.36. The zero-order valence-electron chi connectivity index (χ0n) is 22.2. The highest BCUT2D eigenvalue weighted by Gasteiger charge is 2.30. The number of rotatable bonds is 10. The average molecular weight is 558 g/mol. The molecule has 1 fully saturated rings. The maximum absolute atomic E-state index is 13.8. The molecule has 3 aromatic heterocycles. The molecule has 0 aliphatic heterocycles. The fourth-order valence-electron chi connectivity index (χ4n) is 4.64. The number of alkyl halides is 3. The highest BCUT2D eigenvalue weighted by Crippen LogP contribution is 2.34. The van der Waals surface area contributed by atoms with Gasteiger partial charge in [-0.2, -0.15) is 13.2 Å². The van der Waals surface area contributed by atoms with Crippen LogP contribution in [0.1, 0.15) is 50.3 Å². The summed E-state index contributed by atoms with van der Waals surface area (Å²) in [5.74, 6) is 1.07. The first kappa shape index (κ1) is 27.6. The molecule has 1 aliphatic rings. The molecule has 5 rings (SSSR count). The first-order chi connectivity index (χ1) is 19.1. The fourth-order valence-corrected chi connectivity index (χ4v) is 4.64. The van der Waals surface area contributed by atoms with E-state index in [0.717, 1.165) is 29.5 Å². The van der Waals surface area contributed by atoms with Crippen LogP contribution in [-0.2, 0) is 19.3 Å². The molecule has 1 aliphatic carbocycles. The quantitative estimate of drug-likeness (QED) is 0.313. The molecule has 0 bridgehead atoms. The molecule has 0 atom stereocenters. The molecule has 0 spiro atoms. The summed E-state index contributed by atoms with van der Waals surface area (Å²) in [6, 6.07) is 7.79. The predicted octanol–water partition coefficient (Wildman–Crippen LogP) is 4.24. The number of aromatic nitrogens is 5.